The lowest BCUT2D eigenvalue weighted by Crippen LogP contribution is -2.30. The van der Waals surface area contributed by atoms with Crippen LogP contribution >= 0.6 is 15.9 Å². The molecule has 106 valence electrons. The van der Waals surface area contributed by atoms with E-state index in [4.69, 9.17) is 5.73 Å². The number of rotatable bonds is 5. The van der Waals surface area contributed by atoms with Gasteiger partial charge in [-0.1, -0.05) is 6.92 Å². The Hall–Kier alpha value is -1.82. The second-order valence-corrected chi connectivity index (χ2v) is 5.37. The molecule has 6 heteroatoms. The number of halogens is 1. The van der Waals surface area contributed by atoms with Crippen molar-refractivity contribution >= 4 is 44.1 Å². The van der Waals surface area contributed by atoms with Crippen molar-refractivity contribution in [3.05, 3.63) is 28.9 Å². The number of benzene rings is 1. The molecule has 0 aliphatic heterocycles. The number of pyridine rings is 1. The molecule has 5 nitrogen and oxygen atoms in total. The average Bonchev–Trinajstić information content (AvgIpc) is 2.45. The number of hydrogen-bond acceptors (Lipinski definition) is 4. The molecule has 4 N–H and O–H groups in total. The van der Waals surface area contributed by atoms with Gasteiger partial charge in [0.25, 0.3) is 0 Å². The highest BCUT2D eigenvalue weighted by Crippen LogP contribution is 2.28. The van der Waals surface area contributed by atoms with Gasteiger partial charge in [0, 0.05) is 28.3 Å². The fourth-order valence-electron chi connectivity index (χ4n) is 1.86. The Labute approximate surface area is 126 Å². The van der Waals surface area contributed by atoms with Gasteiger partial charge in [0.2, 0.25) is 5.91 Å². The molecule has 2 rings (SSSR count). The standard InChI is InChI=1S/C14H17BrN4O/c1-2-5-17-13(20)8-18-12-4-3-11(16)10-6-9(15)7-19-14(10)12/h3-4,6-7,18H,2,5,8,16H2,1H3,(H,17,20). The van der Waals surface area contributed by atoms with Crippen molar-refractivity contribution in [2.75, 3.05) is 24.1 Å². The van der Waals surface area contributed by atoms with Gasteiger partial charge >= 0.3 is 0 Å². The number of amides is 1. The Bertz CT molecular complexity index is 630. The number of hydrogen-bond donors (Lipinski definition) is 3. The minimum absolute atomic E-state index is 0.0334. The van der Waals surface area contributed by atoms with Gasteiger partial charge in [0.05, 0.1) is 17.7 Å². The lowest BCUT2D eigenvalue weighted by atomic mass is 10.1. The normalized spacial score (nSPS) is 10.5. The zero-order valence-corrected chi connectivity index (χ0v) is 12.8. The third-order valence-electron chi connectivity index (χ3n) is 2.86. The lowest BCUT2D eigenvalue weighted by molar-refractivity contribution is -0.119. The summed E-state index contributed by atoms with van der Waals surface area (Å²) < 4.78 is 0.870. The van der Waals surface area contributed by atoms with Crippen LogP contribution in [-0.2, 0) is 4.79 Å². The zero-order chi connectivity index (χ0) is 14.5. The van der Waals surface area contributed by atoms with Gasteiger partial charge in [-0.2, -0.15) is 0 Å². The van der Waals surface area contributed by atoms with Crippen LogP contribution in [0.3, 0.4) is 0 Å². The number of aromatic nitrogens is 1. The lowest BCUT2D eigenvalue weighted by Gasteiger charge is -2.11. The molecular formula is C14H17BrN4O. The van der Waals surface area contributed by atoms with Crippen molar-refractivity contribution in [3.8, 4) is 0 Å². The molecule has 0 unspecified atom stereocenters. The Morgan fingerprint density at radius 1 is 1.45 bits per heavy atom. The molecule has 1 aromatic carbocycles. The van der Waals surface area contributed by atoms with E-state index >= 15 is 0 Å². The van der Waals surface area contributed by atoms with Gasteiger partial charge in [-0.3, -0.25) is 9.78 Å². The highest BCUT2D eigenvalue weighted by atomic mass is 79.9. The van der Waals surface area contributed by atoms with E-state index in [2.05, 4.69) is 31.5 Å². The van der Waals surface area contributed by atoms with E-state index in [9.17, 15) is 4.79 Å². The number of nitrogens with zero attached hydrogens (tertiary/aromatic N) is 1. The molecule has 0 aliphatic carbocycles. The summed E-state index contributed by atoms with van der Waals surface area (Å²) in [6, 6.07) is 5.56. The van der Waals surface area contributed by atoms with E-state index < -0.39 is 0 Å². The molecule has 0 aliphatic rings. The van der Waals surface area contributed by atoms with E-state index in [-0.39, 0.29) is 12.5 Å². The fraction of sp³-hybridized carbons (Fsp3) is 0.286. The summed E-state index contributed by atoms with van der Waals surface area (Å²) >= 11 is 3.38. The molecule has 2 aromatic rings. The number of nitrogens with two attached hydrogens (primary N) is 1. The minimum atomic E-state index is -0.0334. The van der Waals surface area contributed by atoms with Crippen molar-refractivity contribution in [3.63, 3.8) is 0 Å². The van der Waals surface area contributed by atoms with Gasteiger partial charge in [-0.05, 0) is 40.5 Å². The number of carbonyl (C=O) groups excluding carboxylic acids is 1. The predicted molar refractivity (Wildman–Crippen MR) is 85.6 cm³/mol. The molecule has 20 heavy (non-hydrogen) atoms. The molecule has 1 heterocycles. The number of carbonyl (C=O) groups is 1. The molecule has 0 fully saturated rings. The van der Waals surface area contributed by atoms with Crippen LogP contribution < -0.4 is 16.4 Å². The van der Waals surface area contributed by atoms with E-state index in [0.717, 1.165) is 27.5 Å². The third kappa shape index (κ3) is 3.39. The number of nitrogen functional groups attached to an aromatic ring is 1. The van der Waals surface area contributed by atoms with Crippen LogP contribution in [0.25, 0.3) is 10.9 Å². The molecule has 0 saturated heterocycles. The number of nitrogens with one attached hydrogen (secondary N) is 2. The molecule has 0 saturated carbocycles. The maximum absolute atomic E-state index is 11.6. The summed E-state index contributed by atoms with van der Waals surface area (Å²) in [4.78, 5) is 16.0. The SMILES string of the molecule is CCCNC(=O)CNc1ccc(N)c2cc(Br)cnc12. The Morgan fingerprint density at radius 2 is 2.25 bits per heavy atom. The first-order valence-electron chi connectivity index (χ1n) is 6.46. The molecule has 0 atom stereocenters. The largest absolute Gasteiger partial charge is 0.398 e. The van der Waals surface area contributed by atoms with E-state index in [1.54, 1.807) is 6.20 Å². The van der Waals surface area contributed by atoms with Crippen LogP contribution in [0.4, 0.5) is 11.4 Å². The summed E-state index contributed by atoms with van der Waals surface area (Å²) in [6.07, 6.45) is 2.64. The first kappa shape index (κ1) is 14.6. The summed E-state index contributed by atoms with van der Waals surface area (Å²) in [5.41, 5.74) is 8.17. The van der Waals surface area contributed by atoms with Crippen LogP contribution in [0.1, 0.15) is 13.3 Å². The van der Waals surface area contributed by atoms with Crippen LogP contribution in [0, 0.1) is 0 Å². The quantitative estimate of drug-likeness (QED) is 0.733. The first-order chi connectivity index (χ1) is 9.61. The van der Waals surface area contributed by atoms with Gasteiger partial charge in [0.15, 0.2) is 0 Å². The maximum atomic E-state index is 11.6. The van der Waals surface area contributed by atoms with Crippen molar-refractivity contribution in [2.45, 2.75) is 13.3 Å². The van der Waals surface area contributed by atoms with Crippen LogP contribution in [0.2, 0.25) is 0 Å². The number of anilines is 2. The van der Waals surface area contributed by atoms with Gasteiger partial charge in [-0.25, -0.2) is 0 Å². The monoisotopic (exact) mass is 336 g/mol. The third-order valence-corrected chi connectivity index (χ3v) is 3.30. The highest BCUT2D eigenvalue weighted by Gasteiger charge is 2.07. The van der Waals surface area contributed by atoms with Gasteiger partial charge in [0.1, 0.15) is 0 Å². The Kier molecular flexibility index (Phi) is 4.79. The Morgan fingerprint density at radius 3 is 3.00 bits per heavy atom. The van der Waals surface area contributed by atoms with Crippen LogP contribution in [0.15, 0.2) is 28.9 Å². The highest BCUT2D eigenvalue weighted by molar-refractivity contribution is 9.10. The van der Waals surface area contributed by atoms with Crippen molar-refractivity contribution in [2.24, 2.45) is 0 Å². The topological polar surface area (TPSA) is 80.0 Å². The van der Waals surface area contributed by atoms with Crippen molar-refractivity contribution < 1.29 is 4.79 Å². The molecule has 1 amide bonds. The summed E-state index contributed by atoms with van der Waals surface area (Å²) in [7, 11) is 0. The van der Waals surface area contributed by atoms with Gasteiger partial charge in [-0.15, -0.1) is 0 Å². The van der Waals surface area contributed by atoms with E-state index in [1.807, 2.05) is 25.1 Å². The smallest absolute Gasteiger partial charge is 0.239 e. The fourth-order valence-corrected chi connectivity index (χ4v) is 2.19. The second-order valence-electron chi connectivity index (χ2n) is 4.46. The van der Waals surface area contributed by atoms with E-state index in [1.165, 1.54) is 0 Å². The Balaban J connectivity index is 2.18. The second kappa shape index (κ2) is 6.56. The summed E-state index contributed by atoms with van der Waals surface area (Å²) in [5, 5.41) is 6.77. The molecule has 0 radical (unpaired) electrons. The minimum Gasteiger partial charge on any atom is -0.398 e. The van der Waals surface area contributed by atoms with Crippen molar-refractivity contribution in [1.82, 2.24) is 10.3 Å². The zero-order valence-electron chi connectivity index (χ0n) is 11.2. The van der Waals surface area contributed by atoms with Crippen LogP contribution in [0.5, 0.6) is 0 Å². The van der Waals surface area contributed by atoms with E-state index in [0.29, 0.717) is 12.2 Å². The first-order valence-corrected chi connectivity index (χ1v) is 7.25. The van der Waals surface area contributed by atoms with Crippen LogP contribution in [-0.4, -0.2) is 24.0 Å². The molecule has 0 bridgehead atoms. The molecular weight excluding hydrogens is 320 g/mol. The average molecular weight is 337 g/mol. The maximum Gasteiger partial charge on any atom is 0.239 e. The predicted octanol–water partition coefficient (Wildman–Crippen LogP) is 2.52. The summed E-state index contributed by atoms with van der Waals surface area (Å²) in [5.74, 6) is -0.0334. The summed E-state index contributed by atoms with van der Waals surface area (Å²) in [6.45, 7) is 2.92. The molecule has 0 spiro atoms. The molecule has 1 aromatic heterocycles. The number of fused-ring (bicyclic) bond motifs is 1. The van der Waals surface area contributed by atoms with Gasteiger partial charge < -0.3 is 16.4 Å². The van der Waals surface area contributed by atoms with Crippen molar-refractivity contribution in [1.29, 1.82) is 0 Å².